The number of hydrogen-bond donors (Lipinski definition) is 0. The van der Waals surface area contributed by atoms with Crippen LogP contribution in [0.25, 0.3) is 11.3 Å². The third-order valence-electron chi connectivity index (χ3n) is 1.93. The molecule has 5 heteroatoms. The Bertz CT molecular complexity index is 515. The normalized spacial score (nSPS) is 9.87. The van der Waals surface area contributed by atoms with E-state index in [0.29, 0.717) is 16.4 Å². The van der Waals surface area contributed by atoms with Crippen LogP contribution in [0.2, 0.25) is 5.02 Å². The zero-order valence-corrected chi connectivity index (χ0v) is 9.22. The summed E-state index contributed by atoms with van der Waals surface area (Å²) in [5.41, 5.74) is 2.24. The lowest BCUT2D eigenvalue weighted by Gasteiger charge is -2.00. The van der Waals surface area contributed by atoms with Gasteiger partial charge in [0.2, 0.25) is 0 Å². The van der Waals surface area contributed by atoms with E-state index in [9.17, 15) is 0 Å². The Morgan fingerprint density at radius 2 is 2.13 bits per heavy atom. The van der Waals surface area contributed by atoms with Crippen molar-refractivity contribution in [3.05, 3.63) is 35.0 Å². The van der Waals surface area contributed by atoms with Crippen molar-refractivity contribution >= 4 is 23.3 Å². The minimum atomic E-state index is 0.261. The molecule has 2 rings (SSSR count). The van der Waals surface area contributed by atoms with Gasteiger partial charge in [-0.1, -0.05) is 29.8 Å². The first kappa shape index (κ1) is 10.1. The average molecular weight is 236 g/mol. The monoisotopic (exact) mass is 235 g/mol. The second kappa shape index (κ2) is 4.39. The topological polar surface area (TPSA) is 49.6 Å². The Morgan fingerprint density at radius 3 is 2.87 bits per heavy atom. The van der Waals surface area contributed by atoms with Crippen LogP contribution in [0.1, 0.15) is 5.69 Å². The van der Waals surface area contributed by atoms with Gasteiger partial charge in [-0.25, -0.2) is 0 Å². The second-order valence-corrected chi connectivity index (χ2v) is 3.81. The van der Waals surface area contributed by atoms with Crippen molar-refractivity contribution in [2.75, 3.05) is 0 Å². The van der Waals surface area contributed by atoms with Gasteiger partial charge in [-0.3, -0.25) is 0 Å². The van der Waals surface area contributed by atoms with Gasteiger partial charge in [-0.2, -0.15) is 14.0 Å². The molecule has 1 heterocycles. The van der Waals surface area contributed by atoms with Gasteiger partial charge in [-0.05, 0) is 6.07 Å². The molecule has 3 nitrogen and oxygen atoms in total. The maximum Gasteiger partial charge on any atom is 0.110 e. The van der Waals surface area contributed by atoms with Crippen LogP contribution in [-0.2, 0) is 6.42 Å². The van der Waals surface area contributed by atoms with Crippen LogP contribution in [0.3, 0.4) is 0 Å². The Hall–Kier alpha value is -1.44. The summed E-state index contributed by atoms with van der Waals surface area (Å²) in [6.45, 7) is 0. The van der Waals surface area contributed by atoms with Crippen molar-refractivity contribution in [2.24, 2.45) is 0 Å². The van der Waals surface area contributed by atoms with Gasteiger partial charge in [0, 0.05) is 5.56 Å². The quantitative estimate of drug-likeness (QED) is 0.804. The summed E-state index contributed by atoms with van der Waals surface area (Å²) >= 11 is 7.14. The summed E-state index contributed by atoms with van der Waals surface area (Å²) in [6, 6.07) is 9.48. The molecule has 74 valence electrons. The maximum atomic E-state index is 8.63. The summed E-state index contributed by atoms with van der Waals surface area (Å²) in [5.74, 6) is 0. The summed E-state index contributed by atoms with van der Waals surface area (Å²) in [7, 11) is 0. The highest BCUT2D eigenvalue weighted by Crippen LogP contribution is 2.28. The Morgan fingerprint density at radius 1 is 1.33 bits per heavy atom. The van der Waals surface area contributed by atoms with Crippen LogP contribution in [0.4, 0.5) is 0 Å². The van der Waals surface area contributed by atoms with E-state index >= 15 is 0 Å². The van der Waals surface area contributed by atoms with E-state index in [1.54, 1.807) is 6.07 Å². The highest BCUT2D eigenvalue weighted by atomic mass is 35.5. The van der Waals surface area contributed by atoms with E-state index in [1.165, 1.54) is 0 Å². The molecule has 0 saturated carbocycles. The van der Waals surface area contributed by atoms with Gasteiger partial charge < -0.3 is 0 Å². The smallest absolute Gasteiger partial charge is 0.110 e. The lowest BCUT2D eigenvalue weighted by atomic mass is 10.1. The number of halogens is 1. The molecular formula is C10H6ClN3S. The van der Waals surface area contributed by atoms with E-state index in [1.807, 2.05) is 18.2 Å². The average Bonchev–Trinajstić information content (AvgIpc) is 2.67. The first-order valence-electron chi connectivity index (χ1n) is 4.26. The zero-order valence-electron chi connectivity index (χ0n) is 7.64. The first-order valence-corrected chi connectivity index (χ1v) is 5.37. The minimum Gasteiger partial charge on any atom is -0.198 e. The molecule has 0 saturated heterocycles. The largest absolute Gasteiger partial charge is 0.198 e. The van der Waals surface area contributed by atoms with Crippen molar-refractivity contribution in [1.82, 2.24) is 8.75 Å². The molecule has 0 radical (unpaired) electrons. The number of nitriles is 1. The summed E-state index contributed by atoms with van der Waals surface area (Å²) in [4.78, 5) is 0. The van der Waals surface area contributed by atoms with Crippen LogP contribution < -0.4 is 0 Å². The van der Waals surface area contributed by atoms with Crippen molar-refractivity contribution in [2.45, 2.75) is 6.42 Å². The van der Waals surface area contributed by atoms with Crippen LogP contribution >= 0.6 is 23.3 Å². The molecule has 0 aliphatic rings. The third kappa shape index (κ3) is 1.99. The number of hydrogen-bond acceptors (Lipinski definition) is 4. The highest BCUT2D eigenvalue weighted by molar-refractivity contribution is 6.99. The fourth-order valence-corrected chi connectivity index (χ4v) is 2.06. The van der Waals surface area contributed by atoms with Crippen molar-refractivity contribution in [1.29, 1.82) is 5.26 Å². The molecule has 1 aromatic heterocycles. The molecule has 0 amide bonds. The fourth-order valence-electron chi connectivity index (χ4n) is 1.26. The van der Waals surface area contributed by atoms with Crippen molar-refractivity contribution < 1.29 is 0 Å². The van der Waals surface area contributed by atoms with Crippen LogP contribution in [-0.4, -0.2) is 8.75 Å². The highest BCUT2D eigenvalue weighted by Gasteiger charge is 2.12. The maximum absolute atomic E-state index is 8.63. The molecule has 0 spiro atoms. The van der Waals surface area contributed by atoms with E-state index < -0.39 is 0 Å². The molecule has 15 heavy (non-hydrogen) atoms. The summed E-state index contributed by atoms with van der Waals surface area (Å²) < 4.78 is 8.23. The molecule has 0 bridgehead atoms. The molecule has 0 unspecified atom stereocenters. The SMILES string of the molecule is N#CCc1nsnc1-c1ccccc1Cl. The zero-order chi connectivity index (χ0) is 10.7. The van der Waals surface area contributed by atoms with E-state index in [2.05, 4.69) is 14.8 Å². The predicted molar refractivity (Wildman–Crippen MR) is 59.7 cm³/mol. The van der Waals surface area contributed by atoms with Gasteiger partial charge in [0.05, 0.1) is 34.9 Å². The molecular weight excluding hydrogens is 230 g/mol. The van der Waals surface area contributed by atoms with Crippen LogP contribution in [0, 0.1) is 11.3 Å². The molecule has 0 fully saturated rings. The molecule has 2 aromatic rings. The number of benzene rings is 1. The Labute approximate surface area is 96.3 Å². The minimum absolute atomic E-state index is 0.261. The van der Waals surface area contributed by atoms with Crippen molar-refractivity contribution in [3.8, 4) is 17.3 Å². The molecule has 0 atom stereocenters. The van der Waals surface area contributed by atoms with Gasteiger partial charge in [0.1, 0.15) is 5.69 Å². The van der Waals surface area contributed by atoms with E-state index in [4.69, 9.17) is 16.9 Å². The van der Waals surface area contributed by atoms with Crippen molar-refractivity contribution in [3.63, 3.8) is 0 Å². The molecule has 1 aromatic carbocycles. The number of nitrogens with zero attached hydrogens (tertiary/aromatic N) is 3. The first-order chi connectivity index (χ1) is 7.33. The molecule has 0 N–H and O–H groups in total. The van der Waals surface area contributed by atoms with E-state index in [0.717, 1.165) is 17.3 Å². The summed E-state index contributed by atoms with van der Waals surface area (Å²) in [6.07, 6.45) is 0.261. The van der Waals surface area contributed by atoms with Gasteiger partial charge >= 0.3 is 0 Å². The fraction of sp³-hybridized carbons (Fsp3) is 0.100. The summed E-state index contributed by atoms with van der Waals surface area (Å²) in [5, 5.41) is 9.26. The predicted octanol–water partition coefficient (Wildman–Crippen LogP) is 2.92. The Balaban J connectivity index is 2.51. The Kier molecular flexibility index (Phi) is 2.95. The van der Waals surface area contributed by atoms with Crippen LogP contribution in [0.15, 0.2) is 24.3 Å². The van der Waals surface area contributed by atoms with Gasteiger partial charge in [-0.15, -0.1) is 0 Å². The number of rotatable bonds is 2. The third-order valence-corrected chi connectivity index (χ3v) is 2.83. The molecule has 0 aliphatic carbocycles. The lowest BCUT2D eigenvalue weighted by Crippen LogP contribution is -1.87. The number of aromatic nitrogens is 2. The standard InChI is InChI=1S/C10H6ClN3S/c11-8-4-2-1-3-7(8)10-9(5-6-12)13-15-14-10/h1-4H,5H2. The lowest BCUT2D eigenvalue weighted by molar-refractivity contribution is 1.19. The van der Waals surface area contributed by atoms with Gasteiger partial charge in [0.25, 0.3) is 0 Å². The molecule has 0 aliphatic heterocycles. The van der Waals surface area contributed by atoms with Gasteiger partial charge in [0.15, 0.2) is 0 Å². The van der Waals surface area contributed by atoms with E-state index in [-0.39, 0.29) is 6.42 Å². The second-order valence-electron chi connectivity index (χ2n) is 2.87. The van der Waals surface area contributed by atoms with Crippen LogP contribution in [0.5, 0.6) is 0 Å².